The number of aromatic nitrogens is 1. The van der Waals surface area contributed by atoms with Crippen molar-refractivity contribution in [3.8, 4) is 0 Å². The number of β-amino-alcohol motifs (C(OH)–C–C–N with tert-alkyl or cyclic N) is 1. The lowest BCUT2D eigenvalue weighted by Crippen LogP contribution is -2.52. The lowest BCUT2D eigenvalue weighted by Gasteiger charge is -2.36. The predicted molar refractivity (Wildman–Crippen MR) is 111 cm³/mol. The number of alkyl halides is 6. The minimum atomic E-state index is -4.96. The maximum Gasteiger partial charge on any atom is 0.433 e. The molecule has 1 aliphatic carbocycles. The van der Waals surface area contributed by atoms with Crippen LogP contribution in [-0.4, -0.2) is 46.2 Å². The number of aliphatic hydroxyl groups is 1. The Kier molecular flexibility index (Phi) is 6.16. The predicted octanol–water partition coefficient (Wildman–Crippen LogP) is 5.16. The molecule has 1 unspecified atom stereocenters. The van der Waals surface area contributed by atoms with Crippen LogP contribution in [0, 0.1) is 5.92 Å². The maximum atomic E-state index is 13.4. The van der Waals surface area contributed by atoms with Crippen molar-refractivity contribution in [3.63, 3.8) is 0 Å². The molecule has 0 amide bonds. The highest BCUT2D eigenvalue weighted by molar-refractivity contribution is 5.86. The minimum Gasteiger partial charge on any atom is -0.387 e. The molecule has 182 valence electrons. The first kappa shape index (κ1) is 24.2. The van der Waals surface area contributed by atoms with Crippen LogP contribution in [0.3, 0.4) is 0 Å². The fourth-order valence-corrected chi connectivity index (χ4v) is 5.19. The van der Waals surface area contributed by atoms with Crippen LogP contribution in [0.25, 0.3) is 10.9 Å². The Morgan fingerprint density at radius 3 is 2.42 bits per heavy atom. The quantitative estimate of drug-likeness (QED) is 0.567. The summed E-state index contributed by atoms with van der Waals surface area (Å²) in [6, 6.07) is 4.23. The highest BCUT2D eigenvalue weighted by Crippen LogP contribution is 2.40. The molecule has 2 aliphatic rings. The molecule has 0 radical (unpaired) electrons. The molecule has 0 spiro atoms. The summed E-state index contributed by atoms with van der Waals surface area (Å²) in [6.45, 7) is 5.51. The summed E-state index contributed by atoms with van der Waals surface area (Å²) < 4.78 is 80.6. The second kappa shape index (κ2) is 8.39. The van der Waals surface area contributed by atoms with Crippen LogP contribution in [-0.2, 0) is 12.4 Å². The Labute approximate surface area is 188 Å². The van der Waals surface area contributed by atoms with Crippen LogP contribution in [0.5, 0.6) is 0 Å². The number of pyridine rings is 1. The third-order valence-electron chi connectivity index (χ3n) is 6.72. The average molecular weight is 475 g/mol. The first-order chi connectivity index (χ1) is 15.2. The number of halogens is 6. The molecule has 1 saturated carbocycles. The van der Waals surface area contributed by atoms with E-state index in [1.807, 2.05) is 13.8 Å². The Hall–Kier alpha value is -1.91. The maximum absolute atomic E-state index is 13.4. The van der Waals surface area contributed by atoms with E-state index < -0.39 is 40.8 Å². The number of para-hydroxylation sites is 1. The molecule has 1 aliphatic heterocycles. The first-order valence-electron chi connectivity index (χ1n) is 11.0. The second-order valence-electron chi connectivity index (χ2n) is 9.84. The van der Waals surface area contributed by atoms with Gasteiger partial charge in [0.1, 0.15) is 5.69 Å². The van der Waals surface area contributed by atoms with Crippen LogP contribution in [0.4, 0.5) is 26.3 Å². The van der Waals surface area contributed by atoms with Gasteiger partial charge in [-0.2, -0.15) is 26.3 Å². The summed E-state index contributed by atoms with van der Waals surface area (Å²) in [5.41, 5.74) is -4.23. The zero-order chi connectivity index (χ0) is 24.2. The van der Waals surface area contributed by atoms with E-state index in [1.165, 1.54) is 18.9 Å². The molecule has 33 heavy (non-hydrogen) atoms. The Balaban J connectivity index is 1.59. The summed E-state index contributed by atoms with van der Waals surface area (Å²) in [4.78, 5) is 5.67. The number of fused-ring (bicyclic) bond motifs is 3. The number of nitrogens with one attached hydrogen (secondary N) is 1. The van der Waals surface area contributed by atoms with Crippen molar-refractivity contribution < 1.29 is 31.4 Å². The second-order valence-corrected chi connectivity index (χ2v) is 9.84. The molecule has 2 heterocycles. The first-order valence-corrected chi connectivity index (χ1v) is 11.0. The zero-order valence-electron chi connectivity index (χ0n) is 18.4. The number of benzene rings is 1. The summed E-state index contributed by atoms with van der Waals surface area (Å²) in [5.74, 6) is 0.711. The van der Waals surface area contributed by atoms with Gasteiger partial charge in [-0.3, -0.25) is 4.90 Å². The van der Waals surface area contributed by atoms with Crippen LogP contribution in [0.2, 0.25) is 0 Å². The van der Waals surface area contributed by atoms with Gasteiger partial charge in [-0.05, 0) is 56.7 Å². The fourth-order valence-electron chi connectivity index (χ4n) is 5.19. The molecule has 1 saturated heterocycles. The van der Waals surface area contributed by atoms with Gasteiger partial charge in [-0.1, -0.05) is 12.1 Å². The topological polar surface area (TPSA) is 48.4 Å². The highest BCUT2D eigenvalue weighted by atomic mass is 19.4. The normalized spacial score (nSPS) is 22.9. The van der Waals surface area contributed by atoms with Crippen LogP contribution >= 0.6 is 0 Å². The molecule has 2 N–H and O–H groups in total. The molecule has 4 nitrogen and oxygen atoms in total. The van der Waals surface area contributed by atoms with E-state index in [1.54, 1.807) is 0 Å². The molecule has 1 aromatic carbocycles. The van der Waals surface area contributed by atoms with Crippen LogP contribution in [0.15, 0.2) is 24.3 Å². The van der Waals surface area contributed by atoms with Crippen molar-refractivity contribution in [1.82, 2.24) is 15.2 Å². The summed E-state index contributed by atoms with van der Waals surface area (Å²) in [7, 11) is 0. The van der Waals surface area contributed by atoms with Crippen molar-refractivity contribution in [2.45, 2.75) is 63.1 Å². The van der Waals surface area contributed by atoms with E-state index in [0.717, 1.165) is 19.0 Å². The molecule has 1 aromatic heterocycles. The largest absolute Gasteiger partial charge is 0.433 e. The third kappa shape index (κ3) is 5.12. The molecule has 2 bridgehead atoms. The van der Waals surface area contributed by atoms with Crippen LogP contribution < -0.4 is 5.32 Å². The Morgan fingerprint density at radius 2 is 1.85 bits per heavy atom. The lowest BCUT2D eigenvalue weighted by molar-refractivity contribution is -0.142. The Bertz CT molecular complexity index is 1020. The van der Waals surface area contributed by atoms with Crippen molar-refractivity contribution in [2.75, 3.05) is 19.6 Å². The number of hydrogen-bond donors (Lipinski definition) is 2. The van der Waals surface area contributed by atoms with Crippen molar-refractivity contribution >= 4 is 10.9 Å². The standard InChI is InChI=1S/C23H27F6N3O/c1-21(2,12-32-11-13-6-7-14(32)8-13)30-10-18(33)16-9-19(23(27,28)29)31-20-15(16)4-3-5-17(20)22(24,25)26/h3-5,9,13-14,18,30,33H,6-8,10-12H2,1-2H3/t13-,14+,18?/m1/s1. The summed E-state index contributed by atoms with van der Waals surface area (Å²) >= 11 is 0. The zero-order valence-corrected chi connectivity index (χ0v) is 18.4. The number of aliphatic hydroxyl groups excluding tert-OH is 1. The molecular weight excluding hydrogens is 448 g/mol. The van der Waals surface area contributed by atoms with E-state index in [-0.39, 0.29) is 17.5 Å². The van der Waals surface area contributed by atoms with Gasteiger partial charge in [-0.15, -0.1) is 0 Å². The van der Waals surface area contributed by atoms with E-state index in [9.17, 15) is 31.4 Å². The molecule has 3 atom stereocenters. The molecule has 4 rings (SSSR count). The van der Waals surface area contributed by atoms with Gasteiger partial charge >= 0.3 is 12.4 Å². The van der Waals surface area contributed by atoms with Gasteiger partial charge in [-0.25, -0.2) is 4.98 Å². The molecular formula is C23H27F6N3O. The van der Waals surface area contributed by atoms with Gasteiger partial charge in [0.25, 0.3) is 0 Å². The van der Waals surface area contributed by atoms with E-state index in [0.29, 0.717) is 30.6 Å². The minimum absolute atomic E-state index is 0.110. The Morgan fingerprint density at radius 1 is 1.12 bits per heavy atom. The fraction of sp³-hybridized carbons (Fsp3) is 0.609. The number of hydrogen-bond acceptors (Lipinski definition) is 4. The molecule has 10 heteroatoms. The van der Waals surface area contributed by atoms with Crippen molar-refractivity contribution in [3.05, 3.63) is 41.1 Å². The highest BCUT2D eigenvalue weighted by Gasteiger charge is 2.40. The van der Waals surface area contributed by atoms with Gasteiger partial charge < -0.3 is 10.4 Å². The van der Waals surface area contributed by atoms with Crippen molar-refractivity contribution in [1.29, 1.82) is 0 Å². The number of rotatable bonds is 6. The molecule has 2 aromatic rings. The van der Waals surface area contributed by atoms with Gasteiger partial charge in [0.15, 0.2) is 0 Å². The van der Waals surface area contributed by atoms with E-state index in [4.69, 9.17) is 0 Å². The number of nitrogens with zero attached hydrogens (tertiary/aromatic N) is 2. The van der Waals surface area contributed by atoms with Gasteiger partial charge in [0.05, 0.1) is 17.2 Å². The third-order valence-corrected chi connectivity index (χ3v) is 6.72. The van der Waals surface area contributed by atoms with Crippen LogP contribution in [0.1, 0.15) is 56.0 Å². The average Bonchev–Trinajstić information content (AvgIpc) is 3.32. The SMILES string of the molecule is CC(C)(CN1C[C@@H]2CC[C@H]1C2)NCC(O)c1cc(C(F)(F)F)nc2c(C(F)(F)F)cccc12. The van der Waals surface area contributed by atoms with E-state index in [2.05, 4.69) is 15.2 Å². The lowest BCUT2D eigenvalue weighted by atomic mass is 9.98. The van der Waals surface area contributed by atoms with Crippen molar-refractivity contribution in [2.24, 2.45) is 5.92 Å². The molecule has 2 fully saturated rings. The number of likely N-dealkylation sites (tertiary alicyclic amines) is 1. The van der Waals surface area contributed by atoms with E-state index >= 15 is 0 Å². The summed E-state index contributed by atoms with van der Waals surface area (Å²) in [5, 5.41) is 13.8. The monoisotopic (exact) mass is 475 g/mol. The summed E-state index contributed by atoms with van der Waals surface area (Å²) in [6.07, 6.45) is -7.70. The van der Waals surface area contributed by atoms with Gasteiger partial charge in [0.2, 0.25) is 0 Å². The van der Waals surface area contributed by atoms with Gasteiger partial charge in [0, 0.05) is 36.6 Å². The smallest absolute Gasteiger partial charge is 0.387 e. The number of piperidine rings is 1.